The van der Waals surface area contributed by atoms with Crippen molar-refractivity contribution in [3.63, 3.8) is 0 Å². The minimum absolute atomic E-state index is 0.446. The van der Waals surface area contributed by atoms with E-state index in [4.69, 9.17) is 4.74 Å². The van der Waals surface area contributed by atoms with Gasteiger partial charge in [-0.2, -0.15) is 0 Å². The Hall–Kier alpha value is -2.26. The molecule has 0 saturated heterocycles. The van der Waals surface area contributed by atoms with Gasteiger partial charge in [-0.15, -0.1) is 0 Å². The molecule has 2 aromatic carbocycles. The Bertz CT molecular complexity index is 763. The third-order valence-corrected chi connectivity index (χ3v) is 5.11. The van der Waals surface area contributed by atoms with Crippen LogP contribution >= 0.6 is 0 Å². The molecule has 0 spiro atoms. The summed E-state index contributed by atoms with van der Waals surface area (Å²) in [5.74, 6) is 0. The van der Waals surface area contributed by atoms with Gasteiger partial charge in [0.25, 0.3) is 0 Å². The van der Waals surface area contributed by atoms with Crippen molar-refractivity contribution in [3.8, 4) is 0 Å². The van der Waals surface area contributed by atoms with E-state index in [2.05, 4.69) is 0 Å². The van der Waals surface area contributed by atoms with E-state index in [1.165, 1.54) is 0 Å². The molecule has 0 aromatic heterocycles. The third kappa shape index (κ3) is 3.72. The molecular weight excluding hydrogens is 312 g/mol. The van der Waals surface area contributed by atoms with Gasteiger partial charge in [-0.3, -0.25) is 9.59 Å². The first kappa shape index (κ1) is 19.1. The maximum absolute atomic E-state index is 11.3. The van der Waals surface area contributed by atoms with Crippen LogP contribution in [0, 0.1) is 41.5 Å². The highest BCUT2D eigenvalue weighted by molar-refractivity contribution is 5.81. The Morgan fingerprint density at radius 2 is 1.04 bits per heavy atom. The van der Waals surface area contributed by atoms with Crippen LogP contribution in [0.25, 0.3) is 0 Å². The fraction of sp³-hybridized carbons (Fsp3) is 0.364. The number of carbonyl (C=O) groups excluding carboxylic acids is 2. The Morgan fingerprint density at radius 1 is 0.680 bits per heavy atom. The minimum Gasteiger partial charge on any atom is -0.372 e. The van der Waals surface area contributed by atoms with E-state index in [0.717, 1.165) is 68.2 Å². The van der Waals surface area contributed by atoms with Gasteiger partial charge in [0.05, 0.1) is 13.2 Å². The van der Waals surface area contributed by atoms with Crippen molar-refractivity contribution in [2.24, 2.45) is 0 Å². The number of hydrogen-bond acceptors (Lipinski definition) is 3. The number of benzene rings is 2. The third-order valence-electron chi connectivity index (χ3n) is 5.11. The van der Waals surface area contributed by atoms with Gasteiger partial charge < -0.3 is 4.74 Å². The molecule has 3 nitrogen and oxygen atoms in total. The van der Waals surface area contributed by atoms with Gasteiger partial charge in [0, 0.05) is 11.1 Å². The summed E-state index contributed by atoms with van der Waals surface area (Å²) >= 11 is 0. The Morgan fingerprint density at radius 3 is 1.36 bits per heavy atom. The molecule has 25 heavy (non-hydrogen) atoms. The lowest BCUT2D eigenvalue weighted by molar-refractivity contribution is 0.105. The van der Waals surface area contributed by atoms with Gasteiger partial charge >= 0.3 is 0 Å². The zero-order valence-electron chi connectivity index (χ0n) is 15.9. The molecule has 0 atom stereocenters. The van der Waals surface area contributed by atoms with E-state index >= 15 is 0 Å². The van der Waals surface area contributed by atoms with Crippen LogP contribution in [0.1, 0.15) is 65.2 Å². The zero-order chi connectivity index (χ0) is 18.7. The normalized spacial score (nSPS) is 10.8. The highest BCUT2D eigenvalue weighted by Gasteiger charge is 2.13. The highest BCUT2D eigenvalue weighted by atomic mass is 16.5. The molecule has 0 heterocycles. The monoisotopic (exact) mass is 338 g/mol. The van der Waals surface area contributed by atoms with Crippen LogP contribution in [0.3, 0.4) is 0 Å². The van der Waals surface area contributed by atoms with Gasteiger partial charge in [-0.25, -0.2) is 0 Å². The molecule has 0 fully saturated rings. The summed E-state index contributed by atoms with van der Waals surface area (Å²) in [6.07, 6.45) is 1.83. The SMILES string of the molecule is Cc1cc(C)c(COCc2c(C)cc(C)c(C=O)c2C)c(C)c1C=O. The van der Waals surface area contributed by atoms with Crippen LogP contribution < -0.4 is 0 Å². The lowest BCUT2D eigenvalue weighted by Gasteiger charge is -2.17. The molecule has 0 aliphatic rings. The highest BCUT2D eigenvalue weighted by Crippen LogP contribution is 2.25. The second-order valence-electron chi connectivity index (χ2n) is 6.78. The van der Waals surface area contributed by atoms with Crippen LogP contribution in [-0.2, 0) is 18.0 Å². The Kier molecular flexibility index (Phi) is 5.91. The first-order valence-corrected chi connectivity index (χ1v) is 8.49. The van der Waals surface area contributed by atoms with Crippen molar-refractivity contribution in [1.82, 2.24) is 0 Å². The summed E-state index contributed by atoms with van der Waals surface area (Å²) in [6.45, 7) is 12.8. The summed E-state index contributed by atoms with van der Waals surface area (Å²) in [7, 11) is 0. The molecule has 0 N–H and O–H groups in total. The predicted octanol–water partition coefficient (Wildman–Crippen LogP) is 4.88. The fourth-order valence-electron chi connectivity index (χ4n) is 3.55. The molecule has 0 unspecified atom stereocenters. The van der Waals surface area contributed by atoms with Crippen LogP contribution in [0.4, 0.5) is 0 Å². The average molecular weight is 338 g/mol. The van der Waals surface area contributed by atoms with Gasteiger partial charge in [0.1, 0.15) is 0 Å². The van der Waals surface area contributed by atoms with Crippen molar-refractivity contribution in [2.45, 2.75) is 54.8 Å². The van der Waals surface area contributed by atoms with Crippen LogP contribution in [0.2, 0.25) is 0 Å². The van der Waals surface area contributed by atoms with E-state index in [1.54, 1.807) is 0 Å². The quantitative estimate of drug-likeness (QED) is 0.705. The van der Waals surface area contributed by atoms with E-state index < -0.39 is 0 Å². The molecule has 0 amide bonds. The Labute approximate surface area is 150 Å². The van der Waals surface area contributed by atoms with Crippen LogP contribution in [0.15, 0.2) is 12.1 Å². The van der Waals surface area contributed by atoms with E-state index in [1.807, 2.05) is 53.7 Å². The molecule has 0 saturated carbocycles. The maximum atomic E-state index is 11.3. The van der Waals surface area contributed by atoms with Gasteiger partial charge in [-0.05, 0) is 86.1 Å². The van der Waals surface area contributed by atoms with Gasteiger partial charge in [0.15, 0.2) is 12.6 Å². The van der Waals surface area contributed by atoms with Crippen molar-refractivity contribution in [3.05, 3.63) is 67.8 Å². The second kappa shape index (κ2) is 7.75. The summed E-state index contributed by atoms with van der Waals surface area (Å²) in [6, 6.07) is 4.06. The number of rotatable bonds is 6. The van der Waals surface area contributed by atoms with E-state index in [0.29, 0.717) is 13.2 Å². The average Bonchev–Trinajstić information content (AvgIpc) is 2.53. The Balaban J connectivity index is 2.25. The largest absolute Gasteiger partial charge is 0.372 e. The van der Waals surface area contributed by atoms with Crippen molar-refractivity contribution < 1.29 is 14.3 Å². The maximum Gasteiger partial charge on any atom is 0.150 e. The predicted molar refractivity (Wildman–Crippen MR) is 101 cm³/mol. The van der Waals surface area contributed by atoms with Gasteiger partial charge in [-0.1, -0.05) is 12.1 Å². The number of aryl methyl sites for hydroxylation is 4. The first-order chi connectivity index (χ1) is 11.8. The van der Waals surface area contributed by atoms with Crippen LogP contribution in [0.5, 0.6) is 0 Å². The number of carbonyl (C=O) groups is 2. The lowest BCUT2D eigenvalue weighted by Crippen LogP contribution is -2.06. The molecule has 0 aliphatic heterocycles. The summed E-state index contributed by atoms with van der Waals surface area (Å²) in [5, 5.41) is 0. The van der Waals surface area contributed by atoms with Gasteiger partial charge in [0.2, 0.25) is 0 Å². The smallest absolute Gasteiger partial charge is 0.150 e. The fourth-order valence-corrected chi connectivity index (χ4v) is 3.55. The molecule has 2 aromatic rings. The van der Waals surface area contributed by atoms with Crippen molar-refractivity contribution >= 4 is 12.6 Å². The number of aldehydes is 2. The number of hydrogen-bond donors (Lipinski definition) is 0. The number of ether oxygens (including phenoxy) is 1. The minimum atomic E-state index is 0.446. The molecule has 2 rings (SSSR count). The van der Waals surface area contributed by atoms with Crippen molar-refractivity contribution in [1.29, 1.82) is 0 Å². The van der Waals surface area contributed by atoms with Crippen molar-refractivity contribution in [2.75, 3.05) is 0 Å². The lowest BCUT2D eigenvalue weighted by atomic mass is 9.94. The first-order valence-electron chi connectivity index (χ1n) is 8.49. The summed E-state index contributed by atoms with van der Waals surface area (Å²) < 4.78 is 5.98. The molecular formula is C22H26O3. The molecule has 0 bridgehead atoms. The summed E-state index contributed by atoms with van der Waals surface area (Å²) in [4.78, 5) is 22.6. The van der Waals surface area contributed by atoms with Crippen LogP contribution in [-0.4, -0.2) is 12.6 Å². The van der Waals surface area contributed by atoms with E-state index in [-0.39, 0.29) is 0 Å². The van der Waals surface area contributed by atoms with E-state index in [9.17, 15) is 9.59 Å². The topological polar surface area (TPSA) is 43.4 Å². The molecule has 3 heteroatoms. The summed E-state index contributed by atoms with van der Waals surface area (Å²) in [5.41, 5.74) is 9.83. The zero-order valence-corrected chi connectivity index (χ0v) is 15.9. The molecule has 0 radical (unpaired) electrons. The molecule has 0 aliphatic carbocycles. The second-order valence-corrected chi connectivity index (χ2v) is 6.78. The standard InChI is InChI=1S/C22H26O3/c1-13-7-15(3)21(17(5)19(13)9-23)11-25-12-22-16(4)8-14(2)20(10-24)18(22)6/h7-10H,11-12H2,1-6H3. The molecule has 132 valence electrons.